The summed E-state index contributed by atoms with van der Waals surface area (Å²) in [6, 6.07) is 3.75. The van der Waals surface area contributed by atoms with E-state index in [2.05, 4.69) is 11.8 Å². The predicted octanol–water partition coefficient (Wildman–Crippen LogP) is 0.376. The van der Waals surface area contributed by atoms with E-state index in [1.165, 1.54) is 23.1 Å². The standard InChI is InChI=1S/C14H14FNO3/c15-11-3-4-13(10(8-11)2-1-7-17)14(19)16-6-5-12(18)9-16/h3-4,8,12,17-18H,5-7,9H2. The van der Waals surface area contributed by atoms with Crippen molar-refractivity contribution in [1.82, 2.24) is 4.90 Å². The highest BCUT2D eigenvalue weighted by Crippen LogP contribution is 2.17. The maximum absolute atomic E-state index is 13.2. The first-order chi connectivity index (χ1) is 9.11. The number of amides is 1. The van der Waals surface area contributed by atoms with Gasteiger partial charge >= 0.3 is 0 Å². The van der Waals surface area contributed by atoms with Crippen LogP contribution in [-0.4, -0.2) is 46.8 Å². The molecule has 100 valence electrons. The molecule has 0 radical (unpaired) electrons. The fourth-order valence-electron chi connectivity index (χ4n) is 2.04. The van der Waals surface area contributed by atoms with E-state index in [-0.39, 0.29) is 30.2 Å². The number of aliphatic hydroxyl groups excluding tert-OH is 2. The van der Waals surface area contributed by atoms with E-state index in [1.54, 1.807) is 0 Å². The summed E-state index contributed by atoms with van der Waals surface area (Å²) in [4.78, 5) is 13.8. The average Bonchev–Trinajstić information content (AvgIpc) is 2.82. The predicted molar refractivity (Wildman–Crippen MR) is 66.9 cm³/mol. The van der Waals surface area contributed by atoms with Gasteiger partial charge in [-0.2, -0.15) is 0 Å². The van der Waals surface area contributed by atoms with Gasteiger partial charge in [0.2, 0.25) is 0 Å². The zero-order chi connectivity index (χ0) is 13.8. The number of benzene rings is 1. The van der Waals surface area contributed by atoms with Crippen LogP contribution in [0.2, 0.25) is 0 Å². The van der Waals surface area contributed by atoms with Crippen molar-refractivity contribution in [3.8, 4) is 11.8 Å². The highest BCUT2D eigenvalue weighted by atomic mass is 19.1. The zero-order valence-corrected chi connectivity index (χ0v) is 10.3. The van der Waals surface area contributed by atoms with Crippen LogP contribution in [0.15, 0.2) is 18.2 Å². The fourth-order valence-corrected chi connectivity index (χ4v) is 2.04. The quantitative estimate of drug-likeness (QED) is 0.720. The normalized spacial score (nSPS) is 18.1. The van der Waals surface area contributed by atoms with Gasteiger partial charge in [-0.3, -0.25) is 4.79 Å². The number of hydrogen-bond acceptors (Lipinski definition) is 3. The highest BCUT2D eigenvalue weighted by molar-refractivity contribution is 5.97. The van der Waals surface area contributed by atoms with E-state index >= 15 is 0 Å². The molecular formula is C14H14FNO3. The molecule has 1 heterocycles. The summed E-state index contributed by atoms with van der Waals surface area (Å²) < 4.78 is 13.2. The Bertz CT molecular complexity index is 547. The van der Waals surface area contributed by atoms with Gasteiger partial charge < -0.3 is 15.1 Å². The van der Waals surface area contributed by atoms with E-state index in [4.69, 9.17) is 5.11 Å². The molecule has 4 nitrogen and oxygen atoms in total. The van der Waals surface area contributed by atoms with Crippen molar-refractivity contribution in [1.29, 1.82) is 0 Å². The third-order valence-corrected chi connectivity index (χ3v) is 2.96. The molecule has 1 aliphatic rings. The van der Waals surface area contributed by atoms with Gasteiger partial charge in [-0.25, -0.2) is 4.39 Å². The second kappa shape index (κ2) is 5.83. The lowest BCUT2D eigenvalue weighted by molar-refractivity contribution is 0.0764. The van der Waals surface area contributed by atoms with Crippen LogP contribution >= 0.6 is 0 Å². The molecule has 2 N–H and O–H groups in total. The Morgan fingerprint density at radius 2 is 2.32 bits per heavy atom. The number of β-amino-alcohol motifs (C(OH)–C–C–N with tert-alkyl or cyclic N) is 1. The number of aliphatic hydroxyl groups is 2. The molecule has 1 aromatic carbocycles. The average molecular weight is 263 g/mol. The molecule has 0 bridgehead atoms. The molecule has 1 aromatic rings. The van der Waals surface area contributed by atoms with Crippen molar-refractivity contribution in [2.75, 3.05) is 19.7 Å². The van der Waals surface area contributed by atoms with Crippen LogP contribution in [0.25, 0.3) is 0 Å². The van der Waals surface area contributed by atoms with Crippen LogP contribution in [-0.2, 0) is 0 Å². The Balaban J connectivity index is 2.30. The maximum atomic E-state index is 13.2. The lowest BCUT2D eigenvalue weighted by Crippen LogP contribution is -2.30. The Hall–Kier alpha value is -1.90. The van der Waals surface area contributed by atoms with Crippen LogP contribution in [0.5, 0.6) is 0 Å². The van der Waals surface area contributed by atoms with Gasteiger partial charge in [-0.05, 0) is 24.6 Å². The molecule has 19 heavy (non-hydrogen) atoms. The molecule has 2 rings (SSSR count). The Labute approximate surface area is 110 Å². The minimum absolute atomic E-state index is 0.250. The van der Waals surface area contributed by atoms with E-state index in [0.717, 1.165) is 0 Å². The molecule has 1 aliphatic heterocycles. The van der Waals surface area contributed by atoms with Crippen molar-refractivity contribution < 1.29 is 19.4 Å². The van der Waals surface area contributed by atoms with Crippen molar-refractivity contribution in [2.24, 2.45) is 0 Å². The Morgan fingerprint density at radius 1 is 1.53 bits per heavy atom. The zero-order valence-electron chi connectivity index (χ0n) is 10.3. The number of rotatable bonds is 1. The lowest BCUT2D eigenvalue weighted by atomic mass is 10.1. The molecular weight excluding hydrogens is 249 g/mol. The molecule has 0 spiro atoms. The van der Waals surface area contributed by atoms with E-state index in [0.29, 0.717) is 13.0 Å². The summed E-state index contributed by atoms with van der Waals surface area (Å²) in [5.41, 5.74) is 0.539. The Morgan fingerprint density at radius 3 is 2.95 bits per heavy atom. The van der Waals surface area contributed by atoms with Gasteiger partial charge in [0.15, 0.2) is 0 Å². The summed E-state index contributed by atoms with van der Waals surface area (Å²) in [6.45, 7) is 0.403. The maximum Gasteiger partial charge on any atom is 0.255 e. The largest absolute Gasteiger partial charge is 0.391 e. The van der Waals surface area contributed by atoms with Crippen molar-refractivity contribution >= 4 is 5.91 Å². The molecule has 1 saturated heterocycles. The van der Waals surface area contributed by atoms with Gasteiger partial charge in [0, 0.05) is 18.7 Å². The topological polar surface area (TPSA) is 60.8 Å². The first kappa shape index (κ1) is 13.5. The lowest BCUT2D eigenvalue weighted by Gasteiger charge is -2.16. The first-order valence-corrected chi connectivity index (χ1v) is 5.98. The smallest absolute Gasteiger partial charge is 0.255 e. The summed E-state index contributed by atoms with van der Waals surface area (Å²) in [5, 5.41) is 18.1. The van der Waals surface area contributed by atoms with E-state index in [9.17, 15) is 14.3 Å². The number of hydrogen-bond donors (Lipinski definition) is 2. The third-order valence-electron chi connectivity index (χ3n) is 2.96. The second-order valence-corrected chi connectivity index (χ2v) is 4.34. The summed E-state index contributed by atoms with van der Waals surface area (Å²) in [7, 11) is 0. The molecule has 5 heteroatoms. The molecule has 1 amide bonds. The minimum atomic E-state index is -0.503. The van der Waals surface area contributed by atoms with Crippen molar-refractivity contribution in [3.05, 3.63) is 35.1 Å². The summed E-state index contributed by atoms with van der Waals surface area (Å²) in [6.07, 6.45) is 0.0429. The molecule has 0 aliphatic carbocycles. The second-order valence-electron chi connectivity index (χ2n) is 4.34. The number of carbonyl (C=O) groups excluding carboxylic acids is 1. The monoisotopic (exact) mass is 263 g/mol. The van der Waals surface area contributed by atoms with Crippen LogP contribution in [0, 0.1) is 17.7 Å². The third kappa shape index (κ3) is 3.11. The molecule has 1 unspecified atom stereocenters. The Kier molecular flexibility index (Phi) is 4.15. The SMILES string of the molecule is O=C(c1ccc(F)cc1C#CCO)N1CCC(O)C1. The van der Waals surface area contributed by atoms with Crippen molar-refractivity contribution in [3.63, 3.8) is 0 Å². The van der Waals surface area contributed by atoms with Gasteiger partial charge in [-0.1, -0.05) is 11.8 Å². The van der Waals surface area contributed by atoms with Crippen molar-refractivity contribution in [2.45, 2.75) is 12.5 Å². The van der Waals surface area contributed by atoms with Gasteiger partial charge in [0.1, 0.15) is 12.4 Å². The van der Waals surface area contributed by atoms with Gasteiger partial charge in [0.25, 0.3) is 5.91 Å². The highest BCUT2D eigenvalue weighted by Gasteiger charge is 2.26. The van der Waals surface area contributed by atoms with E-state index in [1.807, 2.05) is 0 Å². The number of carbonyl (C=O) groups is 1. The number of halogens is 1. The van der Waals surface area contributed by atoms with Crippen LogP contribution in [0.3, 0.4) is 0 Å². The molecule has 0 saturated carbocycles. The van der Waals surface area contributed by atoms with Crippen LogP contribution in [0.4, 0.5) is 4.39 Å². The summed E-state index contributed by atoms with van der Waals surface area (Å²) >= 11 is 0. The van der Waals surface area contributed by atoms with Crippen LogP contribution in [0.1, 0.15) is 22.3 Å². The minimum Gasteiger partial charge on any atom is -0.391 e. The van der Waals surface area contributed by atoms with Crippen LogP contribution < -0.4 is 0 Å². The summed E-state index contributed by atoms with van der Waals surface area (Å²) in [5.74, 6) is 4.21. The molecule has 1 atom stereocenters. The van der Waals surface area contributed by atoms with Gasteiger partial charge in [0.05, 0.1) is 11.7 Å². The molecule has 0 aromatic heterocycles. The number of likely N-dealkylation sites (tertiary alicyclic amines) is 1. The number of nitrogens with zero attached hydrogens (tertiary/aromatic N) is 1. The fraction of sp³-hybridized carbons (Fsp3) is 0.357. The van der Waals surface area contributed by atoms with Gasteiger partial charge in [-0.15, -0.1) is 0 Å². The van der Waals surface area contributed by atoms with E-state index < -0.39 is 11.9 Å². The molecule has 1 fully saturated rings. The first-order valence-electron chi connectivity index (χ1n) is 5.98.